The quantitative estimate of drug-likeness (QED) is 0.344. The molecule has 0 aromatic heterocycles. The predicted molar refractivity (Wildman–Crippen MR) is 150 cm³/mol. The third-order valence-electron chi connectivity index (χ3n) is 8.05. The molecule has 4 saturated heterocycles. The molecule has 5 N–H and O–H groups in total. The molecule has 1 unspecified atom stereocenters. The second-order valence-electron chi connectivity index (χ2n) is 11.0. The summed E-state index contributed by atoms with van der Waals surface area (Å²) in [7, 11) is 0. The maximum absolute atomic E-state index is 12.1. The van der Waals surface area contributed by atoms with Crippen molar-refractivity contribution >= 4 is 11.8 Å². The van der Waals surface area contributed by atoms with Gasteiger partial charge in [0.15, 0.2) is 0 Å². The summed E-state index contributed by atoms with van der Waals surface area (Å²) < 4.78 is 6.01. The van der Waals surface area contributed by atoms with Crippen molar-refractivity contribution in [2.24, 2.45) is 11.7 Å². The van der Waals surface area contributed by atoms with Crippen molar-refractivity contribution in [1.29, 1.82) is 0 Å². The van der Waals surface area contributed by atoms with E-state index in [2.05, 4.69) is 32.7 Å². The first kappa shape index (κ1) is 28.7. The van der Waals surface area contributed by atoms with Crippen LogP contribution in [0.2, 0.25) is 0 Å². The standard InChI is InChI=1S/C25H33N3O3.C5H12N2/c29-24-7-6-23(25(30)27-24)21-5-1-3-19(17-21)4-2-16-31-22-10-14-28(15-11-22)18-20-8-12-26-13-9-20;6-5-1-3-7-4-2-5/h1,3,5,17,20,22-23,26H,6-16,18H2,(H,27,29,30);5,7H,1-4,6H2. The van der Waals surface area contributed by atoms with E-state index in [0.717, 1.165) is 68.9 Å². The van der Waals surface area contributed by atoms with Crippen LogP contribution in [0.1, 0.15) is 68.4 Å². The van der Waals surface area contributed by atoms with Crippen LogP contribution in [0.5, 0.6) is 0 Å². The first-order valence-corrected chi connectivity index (χ1v) is 14.5. The van der Waals surface area contributed by atoms with E-state index in [4.69, 9.17) is 10.5 Å². The topological polar surface area (TPSA) is 109 Å². The number of ether oxygens (including phenoxy) is 1. The highest BCUT2D eigenvalue weighted by Crippen LogP contribution is 2.25. The maximum atomic E-state index is 12.1. The van der Waals surface area contributed by atoms with Gasteiger partial charge in [0.1, 0.15) is 6.61 Å². The van der Waals surface area contributed by atoms with Crippen LogP contribution in [0, 0.1) is 17.8 Å². The molecule has 1 aromatic rings. The zero-order chi connectivity index (χ0) is 26.6. The van der Waals surface area contributed by atoms with Crippen LogP contribution in [0.15, 0.2) is 24.3 Å². The summed E-state index contributed by atoms with van der Waals surface area (Å²) in [6.07, 6.45) is 8.31. The Balaban J connectivity index is 0.000000417. The number of hydrogen-bond acceptors (Lipinski definition) is 7. The van der Waals surface area contributed by atoms with Gasteiger partial charge in [0.25, 0.3) is 0 Å². The van der Waals surface area contributed by atoms with Gasteiger partial charge in [-0.1, -0.05) is 24.0 Å². The summed E-state index contributed by atoms with van der Waals surface area (Å²) in [6, 6.07) is 8.22. The summed E-state index contributed by atoms with van der Waals surface area (Å²) in [5, 5.41) is 9.10. The minimum Gasteiger partial charge on any atom is -0.365 e. The number of nitrogens with two attached hydrogens (primary N) is 1. The van der Waals surface area contributed by atoms with Crippen LogP contribution in [0.3, 0.4) is 0 Å². The average molecular weight is 524 g/mol. The van der Waals surface area contributed by atoms with Crippen molar-refractivity contribution < 1.29 is 14.3 Å². The third-order valence-corrected chi connectivity index (χ3v) is 8.05. The molecule has 1 atom stereocenters. The fourth-order valence-electron chi connectivity index (χ4n) is 5.67. The molecule has 4 fully saturated rings. The Morgan fingerprint density at radius 2 is 1.66 bits per heavy atom. The van der Waals surface area contributed by atoms with E-state index in [1.165, 1.54) is 32.5 Å². The Kier molecular flexibility index (Phi) is 11.6. The van der Waals surface area contributed by atoms with Crippen molar-refractivity contribution in [3.05, 3.63) is 35.4 Å². The molecule has 0 aliphatic carbocycles. The number of carbonyl (C=O) groups is 2. The van der Waals surface area contributed by atoms with E-state index in [1.807, 2.05) is 24.3 Å². The number of amides is 2. The van der Waals surface area contributed by atoms with Gasteiger partial charge in [-0.25, -0.2) is 0 Å². The molecule has 4 aliphatic rings. The van der Waals surface area contributed by atoms with Crippen LogP contribution < -0.4 is 21.7 Å². The first-order chi connectivity index (χ1) is 18.6. The Labute approximate surface area is 227 Å². The number of carbonyl (C=O) groups excluding carboxylic acids is 2. The lowest BCUT2D eigenvalue weighted by Gasteiger charge is -2.35. The number of likely N-dealkylation sites (tertiary alicyclic amines) is 1. The summed E-state index contributed by atoms with van der Waals surface area (Å²) in [6.45, 7) is 8.46. The van der Waals surface area contributed by atoms with Gasteiger partial charge in [0.2, 0.25) is 11.8 Å². The van der Waals surface area contributed by atoms with Crippen LogP contribution in [-0.4, -0.2) is 81.3 Å². The lowest BCUT2D eigenvalue weighted by molar-refractivity contribution is -0.134. The van der Waals surface area contributed by atoms with Crippen molar-refractivity contribution in [2.75, 3.05) is 52.4 Å². The second kappa shape index (κ2) is 15.3. The molecule has 0 radical (unpaired) electrons. The number of piperidine rings is 4. The van der Waals surface area contributed by atoms with E-state index in [1.54, 1.807) is 0 Å². The van der Waals surface area contributed by atoms with Crippen LogP contribution in [0.25, 0.3) is 0 Å². The molecule has 8 heteroatoms. The van der Waals surface area contributed by atoms with Crippen LogP contribution in [0.4, 0.5) is 0 Å². The minimum absolute atomic E-state index is 0.188. The zero-order valence-corrected chi connectivity index (χ0v) is 22.7. The molecular weight excluding hydrogens is 478 g/mol. The Bertz CT molecular complexity index is 954. The predicted octanol–water partition coefficient (Wildman–Crippen LogP) is 1.74. The van der Waals surface area contributed by atoms with Gasteiger partial charge in [-0.05, 0) is 94.7 Å². The highest BCUT2D eigenvalue weighted by Gasteiger charge is 2.28. The van der Waals surface area contributed by atoms with Gasteiger partial charge in [-0.2, -0.15) is 0 Å². The molecular formula is C30H45N5O3. The number of benzene rings is 1. The minimum atomic E-state index is -0.272. The summed E-state index contributed by atoms with van der Waals surface area (Å²) in [5.74, 6) is 6.46. The average Bonchev–Trinajstić information content (AvgIpc) is 2.94. The highest BCUT2D eigenvalue weighted by atomic mass is 16.5. The highest BCUT2D eigenvalue weighted by molar-refractivity contribution is 6.00. The molecule has 0 spiro atoms. The lowest BCUT2D eigenvalue weighted by atomic mass is 9.90. The first-order valence-electron chi connectivity index (χ1n) is 14.5. The van der Waals surface area contributed by atoms with Crippen LogP contribution >= 0.6 is 0 Å². The number of imide groups is 1. The third kappa shape index (κ3) is 9.48. The van der Waals surface area contributed by atoms with Crippen molar-refractivity contribution in [2.45, 2.75) is 69.4 Å². The number of rotatable bonds is 5. The van der Waals surface area contributed by atoms with Crippen molar-refractivity contribution in [1.82, 2.24) is 20.9 Å². The number of nitrogens with zero attached hydrogens (tertiary/aromatic N) is 1. The molecule has 2 amide bonds. The fraction of sp³-hybridized carbons (Fsp3) is 0.667. The molecule has 5 rings (SSSR count). The Hall–Kier alpha value is -2.28. The molecule has 8 nitrogen and oxygen atoms in total. The van der Waals surface area contributed by atoms with Gasteiger partial charge >= 0.3 is 0 Å². The van der Waals surface area contributed by atoms with Gasteiger partial charge in [-0.3, -0.25) is 14.9 Å². The monoisotopic (exact) mass is 523 g/mol. The summed E-state index contributed by atoms with van der Waals surface area (Å²) in [4.78, 5) is 26.0. The molecule has 0 bridgehead atoms. The molecule has 208 valence electrons. The van der Waals surface area contributed by atoms with Crippen molar-refractivity contribution in [3.63, 3.8) is 0 Å². The SMILES string of the molecule is NC1CCNCC1.O=C1CCC(c2cccc(C#CCOC3CCN(CC4CCNCC4)CC3)c2)C(=O)N1. The number of hydrogen-bond donors (Lipinski definition) is 4. The molecule has 0 saturated carbocycles. The molecule has 38 heavy (non-hydrogen) atoms. The summed E-state index contributed by atoms with van der Waals surface area (Å²) in [5.41, 5.74) is 7.39. The second-order valence-corrected chi connectivity index (χ2v) is 11.0. The Morgan fingerprint density at radius 1 is 0.947 bits per heavy atom. The van der Waals surface area contributed by atoms with E-state index < -0.39 is 0 Å². The van der Waals surface area contributed by atoms with E-state index in [0.29, 0.717) is 31.6 Å². The number of nitrogens with one attached hydrogen (secondary N) is 3. The van der Waals surface area contributed by atoms with Gasteiger partial charge < -0.3 is 26.0 Å². The molecule has 1 aromatic carbocycles. The largest absolute Gasteiger partial charge is 0.365 e. The normalized spacial score (nSPS) is 24.1. The molecule has 4 heterocycles. The van der Waals surface area contributed by atoms with Crippen molar-refractivity contribution in [3.8, 4) is 11.8 Å². The van der Waals surface area contributed by atoms with Gasteiger partial charge in [0.05, 0.1) is 12.0 Å². The lowest BCUT2D eigenvalue weighted by Crippen LogP contribution is -2.41. The van der Waals surface area contributed by atoms with E-state index >= 15 is 0 Å². The van der Waals surface area contributed by atoms with Gasteiger partial charge in [0, 0.05) is 37.7 Å². The van der Waals surface area contributed by atoms with Crippen LogP contribution in [-0.2, 0) is 14.3 Å². The molecule has 4 aliphatic heterocycles. The maximum Gasteiger partial charge on any atom is 0.234 e. The zero-order valence-electron chi connectivity index (χ0n) is 22.7. The Morgan fingerprint density at radius 3 is 2.32 bits per heavy atom. The smallest absolute Gasteiger partial charge is 0.234 e. The van der Waals surface area contributed by atoms with Gasteiger partial charge in [-0.15, -0.1) is 0 Å². The van der Waals surface area contributed by atoms with E-state index in [-0.39, 0.29) is 17.7 Å². The van der Waals surface area contributed by atoms with E-state index in [9.17, 15) is 9.59 Å². The fourth-order valence-corrected chi connectivity index (χ4v) is 5.67. The summed E-state index contributed by atoms with van der Waals surface area (Å²) >= 11 is 0.